The first-order chi connectivity index (χ1) is 11.2. The highest BCUT2D eigenvalue weighted by atomic mass is 16.5. The van der Waals surface area contributed by atoms with Crippen LogP contribution in [0.5, 0.6) is 5.75 Å². The van der Waals surface area contributed by atoms with Crippen molar-refractivity contribution in [3.8, 4) is 5.75 Å². The maximum atomic E-state index is 12.3. The van der Waals surface area contributed by atoms with Crippen molar-refractivity contribution in [2.24, 2.45) is 5.92 Å². The quantitative estimate of drug-likeness (QED) is 0.944. The van der Waals surface area contributed by atoms with E-state index in [0.29, 0.717) is 5.92 Å². The molecule has 23 heavy (non-hydrogen) atoms. The summed E-state index contributed by atoms with van der Waals surface area (Å²) in [5.74, 6) is 1.39. The van der Waals surface area contributed by atoms with Gasteiger partial charge in [-0.25, -0.2) is 9.78 Å². The molecule has 0 bridgehead atoms. The average Bonchev–Trinajstić information content (AvgIpc) is 3.09. The molecular formula is C17H22N4O2. The molecule has 1 aliphatic rings. The van der Waals surface area contributed by atoms with Gasteiger partial charge in [0.25, 0.3) is 0 Å². The average molecular weight is 314 g/mol. The van der Waals surface area contributed by atoms with Crippen LogP contribution < -0.4 is 10.1 Å². The standard InChI is InChI=1S/C17H22N4O2/c1-23-16-4-2-15(3-5-16)19-17(22)21-9-6-14(7-10-21)12-20-11-8-18-13-20/h2-5,8,11,13-14H,6-7,9-10,12H2,1H3,(H,19,22). The summed E-state index contributed by atoms with van der Waals surface area (Å²) < 4.78 is 7.22. The molecule has 2 heterocycles. The normalized spacial score (nSPS) is 15.4. The van der Waals surface area contributed by atoms with Crippen molar-refractivity contribution in [2.75, 3.05) is 25.5 Å². The number of piperidine rings is 1. The zero-order chi connectivity index (χ0) is 16.1. The van der Waals surface area contributed by atoms with Crippen LogP contribution in [0.2, 0.25) is 0 Å². The molecule has 3 rings (SSSR count). The number of urea groups is 1. The van der Waals surface area contributed by atoms with Crippen LogP contribution in [0.15, 0.2) is 43.0 Å². The van der Waals surface area contributed by atoms with Crippen LogP contribution in [-0.4, -0.2) is 40.7 Å². The van der Waals surface area contributed by atoms with Crippen LogP contribution >= 0.6 is 0 Å². The Labute approximate surface area is 136 Å². The van der Waals surface area contributed by atoms with Crippen molar-refractivity contribution in [1.82, 2.24) is 14.5 Å². The van der Waals surface area contributed by atoms with Gasteiger partial charge in [-0.15, -0.1) is 0 Å². The molecule has 1 N–H and O–H groups in total. The summed E-state index contributed by atoms with van der Waals surface area (Å²) in [6.45, 7) is 2.57. The number of methoxy groups -OCH3 is 1. The van der Waals surface area contributed by atoms with Gasteiger partial charge in [0.2, 0.25) is 0 Å². The lowest BCUT2D eigenvalue weighted by atomic mass is 9.97. The second-order valence-corrected chi connectivity index (χ2v) is 5.85. The van der Waals surface area contributed by atoms with Gasteiger partial charge in [-0.3, -0.25) is 0 Å². The molecule has 1 aliphatic heterocycles. The fraction of sp³-hybridized carbons (Fsp3) is 0.412. The predicted molar refractivity (Wildman–Crippen MR) is 88.5 cm³/mol. The Morgan fingerprint density at radius 3 is 2.65 bits per heavy atom. The molecule has 2 amide bonds. The van der Waals surface area contributed by atoms with E-state index in [9.17, 15) is 4.79 Å². The van der Waals surface area contributed by atoms with Crippen LogP contribution in [-0.2, 0) is 6.54 Å². The smallest absolute Gasteiger partial charge is 0.321 e. The number of nitrogens with zero attached hydrogens (tertiary/aromatic N) is 3. The highest BCUT2D eigenvalue weighted by Crippen LogP contribution is 2.20. The molecular weight excluding hydrogens is 292 g/mol. The number of imidazole rings is 1. The van der Waals surface area contributed by atoms with Crippen molar-refractivity contribution >= 4 is 11.7 Å². The fourth-order valence-corrected chi connectivity index (χ4v) is 2.89. The zero-order valence-electron chi connectivity index (χ0n) is 13.3. The topological polar surface area (TPSA) is 59.4 Å². The van der Waals surface area contributed by atoms with Gasteiger partial charge in [-0.1, -0.05) is 0 Å². The van der Waals surface area contributed by atoms with E-state index in [1.807, 2.05) is 41.7 Å². The van der Waals surface area contributed by atoms with Crippen molar-refractivity contribution in [3.05, 3.63) is 43.0 Å². The first kappa shape index (κ1) is 15.4. The van der Waals surface area contributed by atoms with Crippen LogP contribution in [0.1, 0.15) is 12.8 Å². The lowest BCUT2D eigenvalue weighted by Crippen LogP contribution is -2.41. The van der Waals surface area contributed by atoms with Crippen LogP contribution in [0.4, 0.5) is 10.5 Å². The van der Waals surface area contributed by atoms with Gasteiger partial charge in [0.1, 0.15) is 5.75 Å². The summed E-state index contributed by atoms with van der Waals surface area (Å²) in [6.07, 6.45) is 7.69. The SMILES string of the molecule is COc1ccc(NC(=O)N2CCC(Cn3ccnc3)CC2)cc1. The minimum Gasteiger partial charge on any atom is -0.497 e. The second-order valence-electron chi connectivity index (χ2n) is 5.85. The number of ether oxygens (including phenoxy) is 1. The van der Waals surface area contributed by atoms with E-state index < -0.39 is 0 Å². The van der Waals surface area contributed by atoms with E-state index in [2.05, 4.69) is 14.9 Å². The Kier molecular flexibility index (Phi) is 4.80. The third-order valence-corrected chi connectivity index (χ3v) is 4.27. The van der Waals surface area contributed by atoms with E-state index in [1.54, 1.807) is 13.3 Å². The van der Waals surface area contributed by atoms with Gasteiger partial charge >= 0.3 is 6.03 Å². The summed E-state index contributed by atoms with van der Waals surface area (Å²) in [4.78, 5) is 18.3. The Balaban J connectivity index is 1.47. The first-order valence-electron chi connectivity index (χ1n) is 7.90. The fourth-order valence-electron chi connectivity index (χ4n) is 2.89. The lowest BCUT2D eigenvalue weighted by molar-refractivity contribution is 0.177. The number of anilines is 1. The number of aromatic nitrogens is 2. The predicted octanol–water partition coefficient (Wildman–Crippen LogP) is 2.84. The number of nitrogens with one attached hydrogen (secondary N) is 1. The van der Waals surface area contributed by atoms with Gasteiger partial charge in [-0.2, -0.15) is 0 Å². The van der Waals surface area contributed by atoms with Crippen LogP contribution in [0.3, 0.4) is 0 Å². The summed E-state index contributed by atoms with van der Waals surface area (Å²) in [5.41, 5.74) is 0.788. The minimum atomic E-state index is -0.0313. The van der Waals surface area contributed by atoms with Gasteiger partial charge in [0.15, 0.2) is 0 Å². The molecule has 1 saturated heterocycles. The number of amides is 2. The Morgan fingerprint density at radius 2 is 2.04 bits per heavy atom. The van der Waals surface area contributed by atoms with E-state index in [1.165, 1.54) is 0 Å². The Bertz CT molecular complexity index is 617. The maximum absolute atomic E-state index is 12.3. The van der Waals surface area contributed by atoms with Gasteiger partial charge in [0.05, 0.1) is 13.4 Å². The van der Waals surface area contributed by atoms with Gasteiger partial charge in [0, 0.05) is 37.7 Å². The first-order valence-corrected chi connectivity index (χ1v) is 7.90. The number of hydrogen-bond acceptors (Lipinski definition) is 3. The molecule has 1 aromatic heterocycles. The molecule has 1 aromatic carbocycles. The molecule has 1 fully saturated rings. The third kappa shape index (κ3) is 4.03. The third-order valence-electron chi connectivity index (χ3n) is 4.27. The molecule has 0 spiro atoms. The Morgan fingerprint density at radius 1 is 1.30 bits per heavy atom. The second kappa shape index (κ2) is 7.17. The van der Waals surface area contributed by atoms with E-state index >= 15 is 0 Å². The Hall–Kier alpha value is -2.50. The summed E-state index contributed by atoms with van der Waals surface area (Å²) in [5, 5.41) is 2.94. The van der Waals surface area contributed by atoms with Crippen molar-refractivity contribution < 1.29 is 9.53 Å². The highest BCUT2D eigenvalue weighted by Gasteiger charge is 2.23. The van der Waals surface area contributed by atoms with E-state index in [0.717, 1.165) is 43.9 Å². The molecule has 0 radical (unpaired) electrons. The molecule has 6 nitrogen and oxygen atoms in total. The summed E-state index contributed by atoms with van der Waals surface area (Å²) in [7, 11) is 1.63. The van der Waals surface area contributed by atoms with Gasteiger partial charge < -0.3 is 19.5 Å². The minimum absolute atomic E-state index is 0.0313. The largest absolute Gasteiger partial charge is 0.497 e. The molecule has 0 aliphatic carbocycles. The number of likely N-dealkylation sites (tertiary alicyclic amines) is 1. The highest BCUT2D eigenvalue weighted by molar-refractivity contribution is 5.89. The van der Waals surface area contributed by atoms with Crippen LogP contribution in [0, 0.1) is 5.92 Å². The number of carbonyl (C=O) groups excluding carboxylic acids is 1. The zero-order valence-corrected chi connectivity index (χ0v) is 13.3. The molecule has 0 atom stereocenters. The summed E-state index contributed by atoms with van der Waals surface area (Å²) in [6, 6.07) is 7.35. The summed E-state index contributed by atoms with van der Waals surface area (Å²) >= 11 is 0. The van der Waals surface area contributed by atoms with E-state index in [4.69, 9.17) is 4.74 Å². The number of carbonyl (C=O) groups is 1. The van der Waals surface area contributed by atoms with E-state index in [-0.39, 0.29) is 6.03 Å². The number of hydrogen-bond donors (Lipinski definition) is 1. The van der Waals surface area contributed by atoms with Crippen LogP contribution in [0.25, 0.3) is 0 Å². The maximum Gasteiger partial charge on any atom is 0.321 e. The molecule has 0 unspecified atom stereocenters. The molecule has 0 saturated carbocycles. The number of rotatable bonds is 4. The molecule has 122 valence electrons. The number of benzene rings is 1. The van der Waals surface area contributed by atoms with Gasteiger partial charge in [-0.05, 0) is 43.0 Å². The monoisotopic (exact) mass is 314 g/mol. The van der Waals surface area contributed by atoms with Crippen molar-refractivity contribution in [2.45, 2.75) is 19.4 Å². The van der Waals surface area contributed by atoms with Crippen molar-refractivity contribution in [1.29, 1.82) is 0 Å². The lowest BCUT2D eigenvalue weighted by Gasteiger charge is -2.32. The molecule has 6 heteroatoms. The molecule has 2 aromatic rings. The van der Waals surface area contributed by atoms with Crippen molar-refractivity contribution in [3.63, 3.8) is 0 Å².